The summed E-state index contributed by atoms with van der Waals surface area (Å²) in [6.07, 6.45) is 0. The zero-order valence-corrected chi connectivity index (χ0v) is 8.50. The monoisotopic (exact) mass is 247 g/mol. The second-order valence-electron chi connectivity index (χ2n) is 2.07. The fourth-order valence-electron chi connectivity index (χ4n) is 0.869. The Balaban J connectivity index is 2.82. The van der Waals surface area contributed by atoms with Crippen molar-refractivity contribution in [3.8, 4) is 0 Å². The Morgan fingerprint density at radius 1 is 1.45 bits per heavy atom. The van der Waals surface area contributed by atoms with E-state index in [1.807, 2.05) is 12.1 Å². The maximum atomic E-state index is 5.71. The molecule has 0 aliphatic heterocycles. The van der Waals surface area contributed by atoms with Crippen LogP contribution in [-0.2, 0) is 0 Å². The average molecular weight is 249 g/mol. The largest absolute Gasteiger partial charge is 0.235 e. The van der Waals surface area contributed by atoms with Gasteiger partial charge in [0.05, 0.1) is 14.0 Å². The molecule has 0 saturated heterocycles. The van der Waals surface area contributed by atoms with Crippen molar-refractivity contribution in [1.29, 1.82) is 0 Å². The molecule has 0 radical (unpaired) electrons. The molecule has 2 aromatic heterocycles. The average Bonchev–Trinajstić information content (AvgIpc) is 2.27. The molecule has 2 aromatic rings. The lowest BCUT2D eigenvalue weighted by molar-refractivity contribution is 1.43. The summed E-state index contributed by atoms with van der Waals surface area (Å²) >= 11 is 10.7. The lowest BCUT2D eigenvalue weighted by Crippen LogP contribution is -1.71. The van der Waals surface area contributed by atoms with Crippen LogP contribution in [0.5, 0.6) is 0 Å². The van der Waals surface area contributed by atoms with Crippen LogP contribution in [0.25, 0.3) is 10.2 Å². The van der Waals surface area contributed by atoms with Crippen molar-refractivity contribution in [1.82, 2.24) is 4.98 Å². The molecule has 0 unspecified atom stereocenters. The molecule has 1 nitrogen and oxygen atoms in total. The molecular formula is C7H3BrClNS. The smallest absolute Gasteiger partial charge is 0.129 e. The number of halogens is 2. The zero-order valence-electron chi connectivity index (χ0n) is 5.34. The van der Waals surface area contributed by atoms with Crippen molar-refractivity contribution in [2.24, 2.45) is 0 Å². The van der Waals surface area contributed by atoms with Crippen LogP contribution < -0.4 is 0 Å². The number of rotatable bonds is 0. The molecule has 2 heterocycles. The predicted molar refractivity (Wildman–Crippen MR) is 52.3 cm³/mol. The van der Waals surface area contributed by atoms with Crippen LogP contribution in [0.3, 0.4) is 0 Å². The van der Waals surface area contributed by atoms with Gasteiger partial charge in [-0.3, -0.25) is 0 Å². The third kappa shape index (κ3) is 1.41. The Labute approximate surface area is 81.1 Å². The summed E-state index contributed by atoms with van der Waals surface area (Å²) in [6.45, 7) is 0. The topological polar surface area (TPSA) is 12.9 Å². The van der Waals surface area contributed by atoms with Crippen molar-refractivity contribution in [3.63, 3.8) is 0 Å². The standard InChI is InChI=1S/C7H3BrClNS/c8-6-3-4-5(11-6)1-2-7(9)10-4/h1-3H. The summed E-state index contributed by atoms with van der Waals surface area (Å²) in [7, 11) is 0. The number of hydrogen-bond acceptors (Lipinski definition) is 2. The van der Waals surface area contributed by atoms with E-state index < -0.39 is 0 Å². The number of thiophene rings is 1. The molecule has 0 bridgehead atoms. The van der Waals surface area contributed by atoms with Gasteiger partial charge in [-0.05, 0) is 34.1 Å². The summed E-state index contributed by atoms with van der Waals surface area (Å²) in [4.78, 5) is 4.14. The van der Waals surface area contributed by atoms with Crippen LogP contribution in [0.1, 0.15) is 0 Å². The van der Waals surface area contributed by atoms with Crippen molar-refractivity contribution in [2.45, 2.75) is 0 Å². The lowest BCUT2D eigenvalue weighted by atomic mass is 10.4. The fourth-order valence-corrected chi connectivity index (χ4v) is 2.49. The Morgan fingerprint density at radius 3 is 3.09 bits per heavy atom. The molecule has 0 fully saturated rings. The van der Waals surface area contributed by atoms with Gasteiger partial charge in [-0.2, -0.15) is 0 Å². The Hall–Kier alpha value is -0.120. The number of hydrogen-bond donors (Lipinski definition) is 0. The first-order chi connectivity index (χ1) is 5.25. The van der Waals surface area contributed by atoms with Gasteiger partial charge in [0.1, 0.15) is 5.15 Å². The molecule has 56 valence electrons. The predicted octanol–water partition coefficient (Wildman–Crippen LogP) is 3.71. The van der Waals surface area contributed by atoms with Crippen LogP contribution >= 0.6 is 38.9 Å². The third-order valence-electron chi connectivity index (χ3n) is 1.31. The van der Waals surface area contributed by atoms with E-state index in [0.29, 0.717) is 5.15 Å². The fraction of sp³-hybridized carbons (Fsp3) is 0. The highest BCUT2D eigenvalue weighted by molar-refractivity contribution is 9.11. The molecule has 0 aromatic carbocycles. The van der Waals surface area contributed by atoms with Gasteiger partial charge in [-0.15, -0.1) is 11.3 Å². The van der Waals surface area contributed by atoms with E-state index in [1.165, 1.54) is 0 Å². The SMILES string of the molecule is Clc1ccc2sc(Br)cc2n1. The van der Waals surface area contributed by atoms with Crippen LogP contribution in [-0.4, -0.2) is 4.98 Å². The quantitative estimate of drug-likeness (QED) is 0.648. The van der Waals surface area contributed by atoms with Crippen LogP contribution in [0.15, 0.2) is 22.0 Å². The molecular weight excluding hydrogens is 246 g/mol. The minimum absolute atomic E-state index is 0.544. The van der Waals surface area contributed by atoms with E-state index in [1.54, 1.807) is 17.4 Å². The van der Waals surface area contributed by atoms with Crippen molar-refractivity contribution in [3.05, 3.63) is 27.1 Å². The first-order valence-electron chi connectivity index (χ1n) is 2.97. The van der Waals surface area contributed by atoms with Gasteiger partial charge in [-0.1, -0.05) is 11.6 Å². The van der Waals surface area contributed by atoms with Gasteiger partial charge in [0.2, 0.25) is 0 Å². The minimum atomic E-state index is 0.544. The van der Waals surface area contributed by atoms with E-state index >= 15 is 0 Å². The summed E-state index contributed by atoms with van der Waals surface area (Å²) in [5, 5.41) is 0.544. The maximum absolute atomic E-state index is 5.71. The van der Waals surface area contributed by atoms with E-state index in [-0.39, 0.29) is 0 Å². The summed E-state index contributed by atoms with van der Waals surface area (Å²) < 4.78 is 2.24. The van der Waals surface area contributed by atoms with Crippen molar-refractivity contribution < 1.29 is 0 Å². The van der Waals surface area contributed by atoms with Crippen LogP contribution in [0.4, 0.5) is 0 Å². The van der Waals surface area contributed by atoms with Gasteiger partial charge >= 0.3 is 0 Å². The lowest BCUT2D eigenvalue weighted by Gasteiger charge is -1.87. The second kappa shape index (κ2) is 2.73. The maximum Gasteiger partial charge on any atom is 0.129 e. The summed E-state index contributed by atoms with van der Waals surface area (Å²) in [5.74, 6) is 0. The van der Waals surface area contributed by atoms with Gasteiger partial charge in [-0.25, -0.2) is 4.98 Å². The molecule has 0 spiro atoms. The third-order valence-corrected chi connectivity index (χ3v) is 3.11. The molecule has 2 rings (SSSR count). The molecule has 0 saturated carbocycles. The van der Waals surface area contributed by atoms with Crippen molar-refractivity contribution in [2.75, 3.05) is 0 Å². The summed E-state index contributed by atoms with van der Waals surface area (Å²) in [6, 6.07) is 5.73. The summed E-state index contributed by atoms with van der Waals surface area (Å²) in [5.41, 5.74) is 0.953. The van der Waals surface area contributed by atoms with Crippen LogP contribution in [0, 0.1) is 0 Å². The van der Waals surface area contributed by atoms with E-state index in [9.17, 15) is 0 Å². The van der Waals surface area contributed by atoms with Gasteiger partial charge in [0, 0.05) is 0 Å². The Bertz CT molecular complexity index is 398. The van der Waals surface area contributed by atoms with Gasteiger partial charge in [0.25, 0.3) is 0 Å². The molecule has 0 aliphatic rings. The number of nitrogens with zero attached hydrogens (tertiary/aromatic N) is 1. The van der Waals surface area contributed by atoms with Gasteiger partial charge < -0.3 is 0 Å². The van der Waals surface area contributed by atoms with Gasteiger partial charge in [0.15, 0.2) is 0 Å². The minimum Gasteiger partial charge on any atom is -0.235 e. The number of fused-ring (bicyclic) bond motifs is 1. The van der Waals surface area contributed by atoms with Crippen LogP contribution in [0.2, 0.25) is 5.15 Å². The number of pyridine rings is 1. The molecule has 0 amide bonds. The molecule has 0 N–H and O–H groups in total. The molecule has 0 atom stereocenters. The zero-order chi connectivity index (χ0) is 7.84. The molecule has 11 heavy (non-hydrogen) atoms. The second-order valence-corrected chi connectivity index (χ2v) is 4.92. The molecule has 4 heteroatoms. The van der Waals surface area contributed by atoms with E-state index in [4.69, 9.17) is 11.6 Å². The highest BCUT2D eigenvalue weighted by Gasteiger charge is 1.99. The van der Waals surface area contributed by atoms with E-state index in [0.717, 1.165) is 14.0 Å². The highest BCUT2D eigenvalue weighted by atomic mass is 79.9. The normalized spacial score (nSPS) is 10.7. The molecule has 0 aliphatic carbocycles. The highest BCUT2D eigenvalue weighted by Crippen LogP contribution is 2.28. The first kappa shape index (κ1) is 7.53. The van der Waals surface area contributed by atoms with E-state index in [2.05, 4.69) is 20.9 Å². The van der Waals surface area contributed by atoms with Crippen molar-refractivity contribution >= 4 is 49.1 Å². The Morgan fingerprint density at radius 2 is 2.27 bits per heavy atom. The first-order valence-corrected chi connectivity index (χ1v) is 4.96. The number of aromatic nitrogens is 1. The Kier molecular flexibility index (Phi) is 1.87.